The van der Waals surface area contributed by atoms with Crippen molar-refractivity contribution >= 4 is 0 Å². The summed E-state index contributed by atoms with van der Waals surface area (Å²) in [6.07, 6.45) is 2.08. The minimum Gasteiger partial charge on any atom is -0.561 e. The molecular formula is C5H3KN2O. The standard InChI is InChI=1S/C5H3N2O.K/c1-8-4-5(2-6)3-7;/h1H3;/q-1;+1. The second kappa shape index (κ2) is 8.16. The third kappa shape index (κ3) is 6.04. The van der Waals surface area contributed by atoms with Crippen molar-refractivity contribution < 1.29 is 56.1 Å². The average Bonchev–Trinajstić information content (AvgIpc) is 1.83. The van der Waals surface area contributed by atoms with Gasteiger partial charge in [-0.15, -0.1) is 0 Å². The molecule has 0 radical (unpaired) electrons. The molecule has 9 heavy (non-hydrogen) atoms. The Morgan fingerprint density at radius 2 is 1.89 bits per heavy atom. The molecule has 0 N–H and O–H groups in total. The molecule has 40 valence electrons. The van der Waals surface area contributed by atoms with Gasteiger partial charge in [-0.2, -0.15) is 0 Å². The van der Waals surface area contributed by atoms with Crippen molar-refractivity contribution in [1.29, 1.82) is 10.5 Å². The van der Waals surface area contributed by atoms with Crippen molar-refractivity contribution in [3.8, 4) is 12.1 Å². The largest absolute Gasteiger partial charge is 1.00 e. The molecule has 0 aliphatic rings. The predicted octanol–water partition coefficient (Wildman–Crippen LogP) is -2.63. The van der Waals surface area contributed by atoms with E-state index < -0.39 is 0 Å². The number of hydrogen-bond acceptors (Lipinski definition) is 3. The predicted molar refractivity (Wildman–Crippen MR) is 25.0 cm³/mol. The fourth-order valence-electron chi connectivity index (χ4n) is 0.173. The Hall–Kier alpha value is 0.156. The number of nitrogens with zero attached hydrogens (tertiary/aromatic N) is 2. The molecule has 0 amide bonds. The average molecular weight is 146 g/mol. The van der Waals surface area contributed by atoms with Crippen LogP contribution < -0.4 is 51.4 Å². The molecule has 0 heterocycles. The SMILES string of the molecule is CO[C-]=C(C#N)C#N.[K+]. The van der Waals surface area contributed by atoms with Crippen LogP contribution in [0.5, 0.6) is 0 Å². The van der Waals surface area contributed by atoms with Gasteiger partial charge < -0.3 is 4.74 Å². The zero-order valence-corrected chi connectivity index (χ0v) is 8.43. The van der Waals surface area contributed by atoms with E-state index in [1.54, 1.807) is 12.1 Å². The summed E-state index contributed by atoms with van der Waals surface area (Å²) < 4.78 is 4.25. The molecule has 0 aliphatic heterocycles. The van der Waals surface area contributed by atoms with Crippen LogP contribution in [0.2, 0.25) is 0 Å². The van der Waals surface area contributed by atoms with Crippen LogP contribution in [0.15, 0.2) is 5.57 Å². The molecule has 0 bridgehead atoms. The molecule has 4 heteroatoms. The summed E-state index contributed by atoms with van der Waals surface area (Å²) in [5.74, 6) is 0. The minimum absolute atomic E-state index is 0. The van der Waals surface area contributed by atoms with Gasteiger partial charge in [-0.3, -0.25) is 10.5 Å². The molecule has 0 aromatic rings. The Bertz CT molecular complexity index is 158. The van der Waals surface area contributed by atoms with Crippen LogP contribution in [0.3, 0.4) is 0 Å². The van der Waals surface area contributed by atoms with Gasteiger partial charge in [0.25, 0.3) is 0 Å². The van der Waals surface area contributed by atoms with Crippen LogP contribution in [0.4, 0.5) is 0 Å². The van der Waals surface area contributed by atoms with Crippen LogP contribution in [0, 0.1) is 28.9 Å². The zero-order valence-electron chi connectivity index (χ0n) is 5.30. The summed E-state index contributed by atoms with van der Waals surface area (Å²) in [7, 11) is 1.33. The first-order chi connectivity index (χ1) is 3.85. The van der Waals surface area contributed by atoms with E-state index >= 15 is 0 Å². The van der Waals surface area contributed by atoms with Gasteiger partial charge in [-0.1, -0.05) is 12.1 Å². The van der Waals surface area contributed by atoms with E-state index in [-0.39, 0.29) is 57.0 Å². The van der Waals surface area contributed by atoms with E-state index in [1.807, 2.05) is 0 Å². The molecule has 0 fully saturated rings. The number of allylic oxidation sites excluding steroid dienone is 1. The van der Waals surface area contributed by atoms with Gasteiger partial charge in [0.2, 0.25) is 0 Å². The quantitative estimate of drug-likeness (QED) is 0.176. The number of ether oxygens (including phenoxy) is 1. The van der Waals surface area contributed by atoms with E-state index in [9.17, 15) is 0 Å². The van der Waals surface area contributed by atoms with Crippen molar-refractivity contribution in [3.63, 3.8) is 0 Å². The van der Waals surface area contributed by atoms with Crippen molar-refractivity contribution in [2.75, 3.05) is 7.11 Å². The van der Waals surface area contributed by atoms with Crippen molar-refractivity contribution in [2.24, 2.45) is 0 Å². The molecule has 0 saturated heterocycles. The first kappa shape index (κ1) is 11.9. The second-order valence-electron chi connectivity index (χ2n) is 0.905. The molecule has 0 spiro atoms. The summed E-state index contributed by atoms with van der Waals surface area (Å²) in [6, 6.07) is 3.14. The second-order valence-corrected chi connectivity index (χ2v) is 0.905. The summed E-state index contributed by atoms with van der Waals surface area (Å²) in [4.78, 5) is 0. The molecule has 0 aromatic heterocycles. The van der Waals surface area contributed by atoms with E-state index in [4.69, 9.17) is 10.5 Å². The van der Waals surface area contributed by atoms with Gasteiger partial charge in [-0.25, -0.2) is 0 Å². The van der Waals surface area contributed by atoms with Crippen molar-refractivity contribution in [3.05, 3.63) is 11.8 Å². The Balaban J connectivity index is 0. The molecule has 0 atom stereocenters. The Morgan fingerprint density at radius 3 is 2.00 bits per heavy atom. The van der Waals surface area contributed by atoms with Gasteiger partial charge in [-0.05, 0) is 5.57 Å². The summed E-state index contributed by atoms with van der Waals surface area (Å²) in [5.41, 5.74) is -0.146. The van der Waals surface area contributed by atoms with Crippen LogP contribution >= 0.6 is 0 Å². The number of nitriles is 2. The van der Waals surface area contributed by atoms with Gasteiger partial charge in [0.15, 0.2) is 0 Å². The van der Waals surface area contributed by atoms with Crippen molar-refractivity contribution in [1.82, 2.24) is 0 Å². The summed E-state index contributed by atoms with van der Waals surface area (Å²) in [6.45, 7) is 0. The first-order valence-electron chi connectivity index (χ1n) is 1.81. The van der Waals surface area contributed by atoms with E-state index in [0.717, 1.165) is 0 Å². The third-order valence-corrected chi connectivity index (χ3v) is 0.428. The van der Waals surface area contributed by atoms with Crippen LogP contribution in [-0.4, -0.2) is 7.11 Å². The zero-order chi connectivity index (χ0) is 6.41. The molecular weight excluding hydrogens is 143 g/mol. The van der Waals surface area contributed by atoms with E-state index in [0.29, 0.717) is 0 Å². The maximum absolute atomic E-state index is 8.01. The topological polar surface area (TPSA) is 56.8 Å². The first-order valence-corrected chi connectivity index (χ1v) is 1.81. The number of hydrogen-bond donors (Lipinski definition) is 0. The molecule has 0 saturated carbocycles. The molecule has 0 unspecified atom stereocenters. The van der Waals surface area contributed by atoms with Crippen LogP contribution in [-0.2, 0) is 4.74 Å². The minimum atomic E-state index is -0.146. The Labute approximate surface area is 96.3 Å². The smallest absolute Gasteiger partial charge is 0.561 e. The summed E-state index contributed by atoms with van der Waals surface area (Å²) >= 11 is 0. The Kier molecular flexibility index (Phi) is 10.8. The molecule has 0 aliphatic carbocycles. The van der Waals surface area contributed by atoms with E-state index in [2.05, 4.69) is 11.0 Å². The monoisotopic (exact) mass is 146 g/mol. The van der Waals surface area contributed by atoms with E-state index in [1.165, 1.54) is 7.11 Å². The fraction of sp³-hybridized carbons (Fsp3) is 0.200. The van der Waals surface area contributed by atoms with Gasteiger partial charge >= 0.3 is 51.4 Å². The molecule has 0 rings (SSSR count). The molecule has 0 aromatic carbocycles. The number of methoxy groups -OCH3 is 1. The van der Waals surface area contributed by atoms with Gasteiger partial charge in [0, 0.05) is 6.26 Å². The normalized spacial score (nSPS) is 5.22. The van der Waals surface area contributed by atoms with Crippen LogP contribution in [0.25, 0.3) is 0 Å². The molecule has 3 nitrogen and oxygen atoms in total. The van der Waals surface area contributed by atoms with Gasteiger partial charge in [0.05, 0.1) is 7.11 Å². The van der Waals surface area contributed by atoms with Gasteiger partial charge in [0.1, 0.15) is 0 Å². The fourth-order valence-corrected chi connectivity index (χ4v) is 0.173. The van der Waals surface area contributed by atoms with Crippen LogP contribution in [0.1, 0.15) is 0 Å². The maximum Gasteiger partial charge on any atom is 1.00 e. The number of rotatable bonds is 1. The maximum atomic E-state index is 8.01. The Morgan fingerprint density at radius 1 is 1.44 bits per heavy atom. The third-order valence-electron chi connectivity index (χ3n) is 0.428. The summed E-state index contributed by atoms with van der Waals surface area (Å²) in [5, 5.41) is 16.0. The van der Waals surface area contributed by atoms with Crippen molar-refractivity contribution in [2.45, 2.75) is 0 Å².